The maximum atomic E-state index is 2.41. The van der Waals surface area contributed by atoms with Crippen molar-refractivity contribution in [2.24, 2.45) is 17.8 Å². The zero-order valence-corrected chi connectivity index (χ0v) is 9.16. The van der Waals surface area contributed by atoms with Crippen LogP contribution in [0.1, 0.15) is 34.6 Å². The molecule has 1 rings (SSSR count). The Morgan fingerprint density at radius 3 is 2.00 bits per heavy atom. The Morgan fingerprint density at radius 1 is 1.27 bits per heavy atom. The van der Waals surface area contributed by atoms with Crippen LogP contribution in [0.4, 0.5) is 0 Å². The minimum atomic E-state index is 0.615. The summed E-state index contributed by atoms with van der Waals surface area (Å²) in [5.74, 6) is 4.04. The van der Waals surface area contributed by atoms with Crippen LogP contribution in [0, 0.1) is 17.8 Å². The fourth-order valence-electron chi connectivity index (χ4n) is 1.56. The van der Waals surface area contributed by atoms with E-state index in [1.807, 2.05) is 0 Å². The van der Waals surface area contributed by atoms with Crippen molar-refractivity contribution in [1.82, 2.24) is 0 Å². The summed E-state index contributed by atoms with van der Waals surface area (Å²) in [5, 5.41) is 0. The highest BCUT2D eigenvalue weighted by Gasteiger charge is 2.55. The first-order chi connectivity index (χ1) is 4.98. The number of thioether (sulfide) groups is 1. The molecule has 1 heteroatoms. The molecule has 2 unspecified atom stereocenters. The highest BCUT2D eigenvalue weighted by Crippen LogP contribution is 2.59. The molecule has 0 nitrogen and oxygen atoms in total. The van der Waals surface area contributed by atoms with Crippen LogP contribution in [0.3, 0.4) is 0 Å². The molecule has 0 aromatic carbocycles. The molecule has 0 heterocycles. The van der Waals surface area contributed by atoms with Crippen molar-refractivity contribution in [3.8, 4) is 0 Å². The van der Waals surface area contributed by atoms with E-state index in [0.29, 0.717) is 4.75 Å². The van der Waals surface area contributed by atoms with Gasteiger partial charge in [-0.05, 0) is 30.4 Å². The van der Waals surface area contributed by atoms with Crippen LogP contribution in [-0.4, -0.2) is 10.5 Å². The van der Waals surface area contributed by atoms with Gasteiger partial charge in [0.1, 0.15) is 0 Å². The molecule has 0 spiro atoms. The molecule has 0 amide bonds. The summed E-state index contributed by atoms with van der Waals surface area (Å²) in [5.41, 5.74) is 0. The third kappa shape index (κ3) is 1.74. The molecule has 66 valence electrons. The van der Waals surface area contributed by atoms with Gasteiger partial charge >= 0.3 is 0 Å². The third-order valence-electron chi connectivity index (χ3n) is 3.18. The van der Waals surface area contributed by atoms with E-state index in [1.54, 1.807) is 0 Å². The lowest BCUT2D eigenvalue weighted by atomic mass is 10.3. The fraction of sp³-hybridized carbons (Fsp3) is 1.00. The van der Waals surface area contributed by atoms with E-state index in [4.69, 9.17) is 0 Å². The predicted molar refractivity (Wildman–Crippen MR) is 54.0 cm³/mol. The zero-order valence-electron chi connectivity index (χ0n) is 8.35. The smallest absolute Gasteiger partial charge is 0.0189 e. The summed E-state index contributed by atoms with van der Waals surface area (Å²) >= 11 is 2.17. The first kappa shape index (κ1) is 9.44. The molecule has 1 aliphatic carbocycles. The molecular weight excluding hydrogens is 152 g/mol. The van der Waals surface area contributed by atoms with E-state index < -0.39 is 0 Å². The highest BCUT2D eigenvalue weighted by atomic mass is 32.2. The number of rotatable bonds is 3. The van der Waals surface area contributed by atoms with Gasteiger partial charge in [-0.1, -0.05) is 27.7 Å². The molecular formula is C10H20S. The van der Waals surface area contributed by atoms with E-state index in [1.165, 1.54) is 5.75 Å². The molecule has 0 saturated heterocycles. The van der Waals surface area contributed by atoms with Crippen LogP contribution in [0.15, 0.2) is 0 Å². The quantitative estimate of drug-likeness (QED) is 0.628. The van der Waals surface area contributed by atoms with Gasteiger partial charge in [0.2, 0.25) is 0 Å². The van der Waals surface area contributed by atoms with Crippen molar-refractivity contribution in [3.63, 3.8) is 0 Å². The molecule has 1 saturated carbocycles. The van der Waals surface area contributed by atoms with Gasteiger partial charge in [0.25, 0.3) is 0 Å². The van der Waals surface area contributed by atoms with E-state index >= 15 is 0 Å². The Balaban J connectivity index is 2.28. The van der Waals surface area contributed by atoms with Crippen molar-refractivity contribution in [1.29, 1.82) is 0 Å². The second-order valence-corrected chi connectivity index (χ2v) is 5.97. The Labute approximate surface area is 75.1 Å². The number of hydrogen-bond acceptors (Lipinski definition) is 1. The summed E-state index contributed by atoms with van der Waals surface area (Å²) in [6.45, 7) is 11.8. The maximum absolute atomic E-state index is 2.41. The minimum Gasteiger partial charge on any atom is -0.155 e. The second-order valence-electron chi connectivity index (χ2n) is 4.47. The summed E-state index contributed by atoms with van der Waals surface area (Å²) in [4.78, 5) is 0. The van der Waals surface area contributed by atoms with Crippen LogP contribution in [0.5, 0.6) is 0 Å². The lowest BCUT2D eigenvalue weighted by molar-refractivity contribution is 0.743. The Bertz CT molecular complexity index is 132. The molecule has 0 radical (unpaired) electrons. The van der Waals surface area contributed by atoms with Crippen LogP contribution in [0.25, 0.3) is 0 Å². The topological polar surface area (TPSA) is 0 Å². The van der Waals surface area contributed by atoms with Gasteiger partial charge < -0.3 is 0 Å². The molecule has 0 aromatic rings. The summed E-state index contributed by atoms with van der Waals surface area (Å²) in [7, 11) is 0. The van der Waals surface area contributed by atoms with Crippen molar-refractivity contribution in [3.05, 3.63) is 0 Å². The van der Waals surface area contributed by atoms with Crippen molar-refractivity contribution < 1.29 is 0 Å². The highest BCUT2D eigenvalue weighted by molar-refractivity contribution is 8.00. The molecule has 2 atom stereocenters. The lowest BCUT2D eigenvalue weighted by Crippen LogP contribution is -2.04. The number of hydrogen-bond donors (Lipinski definition) is 0. The Hall–Kier alpha value is 0.350. The van der Waals surface area contributed by atoms with Gasteiger partial charge in [0.05, 0.1) is 0 Å². The SMILES string of the molecule is CC(C)CSC1(C)C(C)C1C. The molecule has 11 heavy (non-hydrogen) atoms. The molecule has 1 aliphatic rings. The van der Waals surface area contributed by atoms with Crippen molar-refractivity contribution in [2.45, 2.75) is 39.4 Å². The Kier molecular flexibility index (Phi) is 2.58. The average molecular weight is 172 g/mol. The summed E-state index contributed by atoms with van der Waals surface area (Å²) in [6, 6.07) is 0. The van der Waals surface area contributed by atoms with Gasteiger partial charge in [0.15, 0.2) is 0 Å². The van der Waals surface area contributed by atoms with Crippen LogP contribution in [0.2, 0.25) is 0 Å². The molecule has 1 fully saturated rings. The van der Waals surface area contributed by atoms with Crippen LogP contribution >= 0.6 is 11.8 Å². The van der Waals surface area contributed by atoms with Crippen molar-refractivity contribution in [2.75, 3.05) is 5.75 Å². The zero-order chi connectivity index (χ0) is 8.65. The molecule has 0 N–H and O–H groups in total. The minimum absolute atomic E-state index is 0.615. The van der Waals surface area contributed by atoms with Crippen molar-refractivity contribution >= 4 is 11.8 Å². The molecule has 0 aromatic heterocycles. The molecule has 0 bridgehead atoms. The summed E-state index contributed by atoms with van der Waals surface area (Å²) in [6.07, 6.45) is 0. The Morgan fingerprint density at radius 2 is 1.73 bits per heavy atom. The van der Waals surface area contributed by atoms with Gasteiger partial charge in [-0.25, -0.2) is 0 Å². The lowest BCUT2D eigenvalue weighted by Gasteiger charge is -2.11. The van der Waals surface area contributed by atoms with E-state index in [-0.39, 0.29) is 0 Å². The molecule has 0 aliphatic heterocycles. The largest absolute Gasteiger partial charge is 0.155 e. The van der Waals surface area contributed by atoms with E-state index in [9.17, 15) is 0 Å². The predicted octanol–water partition coefficient (Wildman–Crippen LogP) is 3.42. The van der Waals surface area contributed by atoms with E-state index in [0.717, 1.165) is 17.8 Å². The van der Waals surface area contributed by atoms with Gasteiger partial charge in [-0.2, -0.15) is 11.8 Å². The monoisotopic (exact) mass is 172 g/mol. The normalized spacial score (nSPS) is 43.1. The standard InChI is InChI=1S/C10H20S/c1-7(2)6-11-10(5)8(3)9(10)4/h7-9H,6H2,1-5H3. The van der Waals surface area contributed by atoms with Gasteiger partial charge in [0, 0.05) is 4.75 Å². The summed E-state index contributed by atoms with van der Waals surface area (Å²) < 4.78 is 0.615. The van der Waals surface area contributed by atoms with E-state index in [2.05, 4.69) is 46.4 Å². The third-order valence-corrected chi connectivity index (χ3v) is 5.38. The van der Waals surface area contributed by atoms with Crippen LogP contribution in [-0.2, 0) is 0 Å². The van der Waals surface area contributed by atoms with Gasteiger partial charge in [-0.15, -0.1) is 0 Å². The average Bonchev–Trinajstić information content (AvgIpc) is 2.38. The maximum Gasteiger partial charge on any atom is 0.0189 e. The first-order valence-electron chi connectivity index (χ1n) is 4.62. The van der Waals surface area contributed by atoms with Crippen LogP contribution < -0.4 is 0 Å². The van der Waals surface area contributed by atoms with Gasteiger partial charge in [-0.3, -0.25) is 0 Å². The second kappa shape index (κ2) is 3.01. The first-order valence-corrected chi connectivity index (χ1v) is 5.61. The fourth-order valence-corrected chi connectivity index (χ4v) is 3.11.